The Bertz CT molecular complexity index is 878. The Kier molecular flexibility index (Phi) is 6.26. The Hall–Kier alpha value is -2.22. The van der Waals surface area contributed by atoms with Gasteiger partial charge in [-0.3, -0.25) is 4.79 Å². The quantitative estimate of drug-likeness (QED) is 0.679. The minimum absolute atomic E-state index is 0.0173. The van der Waals surface area contributed by atoms with Crippen molar-refractivity contribution in [3.05, 3.63) is 65.7 Å². The molecule has 2 aromatic carbocycles. The average molecular weight is 388 g/mol. The summed E-state index contributed by atoms with van der Waals surface area (Å²) in [5.41, 5.74) is 7.31. The summed E-state index contributed by atoms with van der Waals surface area (Å²) in [6.07, 6.45) is 3.79. The molecule has 0 aromatic heterocycles. The van der Waals surface area contributed by atoms with E-state index in [1.54, 1.807) is 12.1 Å². The normalized spacial score (nSPS) is 16.2. The highest BCUT2D eigenvalue weighted by Gasteiger charge is 2.23. The van der Waals surface area contributed by atoms with Crippen molar-refractivity contribution in [3.8, 4) is 0 Å². The first-order valence-corrected chi connectivity index (χ1v) is 10.6. The molecule has 0 heterocycles. The van der Waals surface area contributed by atoms with Crippen LogP contribution in [0.5, 0.6) is 0 Å². The highest BCUT2D eigenvalue weighted by atomic mass is 32.2. The summed E-state index contributed by atoms with van der Waals surface area (Å²) in [6.45, 7) is 0.264. The largest absolute Gasteiger partial charge is 0.350 e. The molecule has 1 aliphatic carbocycles. The van der Waals surface area contributed by atoms with Gasteiger partial charge in [0.2, 0.25) is 10.0 Å². The van der Waals surface area contributed by atoms with Gasteiger partial charge in [-0.2, -0.15) is 0 Å². The van der Waals surface area contributed by atoms with E-state index >= 15 is 0 Å². The SMILES string of the molecule is NC(CNC(=O)c1cccc(S(=O)(=O)NC2CCCC2)c1)c1ccccc1. The van der Waals surface area contributed by atoms with E-state index in [1.165, 1.54) is 12.1 Å². The van der Waals surface area contributed by atoms with E-state index in [0.717, 1.165) is 31.2 Å². The van der Waals surface area contributed by atoms with Gasteiger partial charge in [0.05, 0.1) is 4.90 Å². The molecule has 0 spiro atoms. The minimum atomic E-state index is -3.63. The standard InChI is InChI=1S/C20H25N3O3S/c21-19(15-7-2-1-3-8-15)14-22-20(24)16-9-6-12-18(13-16)27(25,26)23-17-10-4-5-11-17/h1-3,6-9,12-13,17,19,23H,4-5,10-11,14,21H2,(H,22,24). The van der Waals surface area contributed by atoms with Gasteiger partial charge in [-0.25, -0.2) is 13.1 Å². The summed E-state index contributed by atoms with van der Waals surface area (Å²) in [7, 11) is -3.63. The highest BCUT2D eigenvalue weighted by Crippen LogP contribution is 2.21. The molecule has 0 aliphatic heterocycles. The summed E-state index contributed by atoms with van der Waals surface area (Å²) in [5, 5.41) is 2.77. The van der Waals surface area contributed by atoms with Crippen molar-refractivity contribution >= 4 is 15.9 Å². The molecule has 0 bridgehead atoms. The minimum Gasteiger partial charge on any atom is -0.350 e. The van der Waals surface area contributed by atoms with Crippen LogP contribution < -0.4 is 15.8 Å². The smallest absolute Gasteiger partial charge is 0.251 e. The van der Waals surface area contributed by atoms with Crippen LogP contribution in [0.15, 0.2) is 59.5 Å². The van der Waals surface area contributed by atoms with Crippen LogP contribution >= 0.6 is 0 Å². The maximum absolute atomic E-state index is 12.6. The molecule has 4 N–H and O–H groups in total. The van der Waals surface area contributed by atoms with E-state index in [2.05, 4.69) is 10.0 Å². The third kappa shape index (κ3) is 5.15. The first kappa shape index (κ1) is 19.5. The molecular weight excluding hydrogens is 362 g/mol. The molecule has 1 unspecified atom stereocenters. The van der Waals surface area contributed by atoms with Crippen LogP contribution in [0, 0.1) is 0 Å². The van der Waals surface area contributed by atoms with E-state index in [-0.39, 0.29) is 29.4 Å². The molecule has 1 aliphatic rings. The molecule has 6 nitrogen and oxygen atoms in total. The Labute approximate surface area is 160 Å². The number of hydrogen-bond acceptors (Lipinski definition) is 4. The van der Waals surface area contributed by atoms with Crippen molar-refractivity contribution in [2.75, 3.05) is 6.54 Å². The molecule has 3 rings (SSSR count). The Balaban J connectivity index is 1.64. The van der Waals surface area contributed by atoms with Crippen molar-refractivity contribution in [1.82, 2.24) is 10.0 Å². The molecule has 144 valence electrons. The number of carbonyl (C=O) groups excluding carboxylic acids is 1. The number of carbonyl (C=O) groups is 1. The van der Waals surface area contributed by atoms with E-state index in [4.69, 9.17) is 5.73 Å². The summed E-state index contributed by atoms with van der Waals surface area (Å²) in [5.74, 6) is -0.348. The molecule has 1 amide bonds. The fraction of sp³-hybridized carbons (Fsp3) is 0.350. The van der Waals surface area contributed by atoms with Crippen molar-refractivity contribution < 1.29 is 13.2 Å². The van der Waals surface area contributed by atoms with Crippen LogP contribution in [0.4, 0.5) is 0 Å². The van der Waals surface area contributed by atoms with Crippen LogP contribution in [0.1, 0.15) is 47.6 Å². The zero-order valence-electron chi connectivity index (χ0n) is 15.1. The van der Waals surface area contributed by atoms with Gasteiger partial charge in [0, 0.05) is 24.2 Å². The lowest BCUT2D eigenvalue weighted by Crippen LogP contribution is -2.33. The monoisotopic (exact) mass is 387 g/mol. The van der Waals surface area contributed by atoms with Crippen LogP contribution in [0.2, 0.25) is 0 Å². The van der Waals surface area contributed by atoms with Crippen LogP contribution in [-0.4, -0.2) is 26.9 Å². The summed E-state index contributed by atoms with van der Waals surface area (Å²) < 4.78 is 27.8. The molecule has 1 atom stereocenters. The van der Waals surface area contributed by atoms with Gasteiger partial charge < -0.3 is 11.1 Å². The van der Waals surface area contributed by atoms with E-state index in [1.807, 2.05) is 30.3 Å². The maximum Gasteiger partial charge on any atom is 0.251 e. The number of benzene rings is 2. The van der Waals surface area contributed by atoms with Crippen LogP contribution in [0.25, 0.3) is 0 Å². The van der Waals surface area contributed by atoms with Gasteiger partial charge in [-0.1, -0.05) is 49.2 Å². The van der Waals surface area contributed by atoms with Gasteiger partial charge in [0.1, 0.15) is 0 Å². The Morgan fingerprint density at radius 3 is 2.48 bits per heavy atom. The molecule has 27 heavy (non-hydrogen) atoms. The topological polar surface area (TPSA) is 101 Å². The van der Waals surface area contributed by atoms with E-state index in [0.29, 0.717) is 5.56 Å². The molecule has 1 saturated carbocycles. The average Bonchev–Trinajstić information content (AvgIpc) is 3.19. The number of nitrogens with two attached hydrogens (primary N) is 1. The highest BCUT2D eigenvalue weighted by molar-refractivity contribution is 7.89. The van der Waals surface area contributed by atoms with Crippen molar-refractivity contribution in [2.45, 2.75) is 42.7 Å². The van der Waals surface area contributed by atoms with Crippen LogP contribution in [-0.2, 0) is 10.0 Å². The zero-order chi connectivity index (χ0) is 19.3. The molecule has 2 aromatic rings. The van der Waals surface area contributed by atoms with Crippen molar-refractivity contribution in [2.24, 2.45) is 5.73 Å². The third-order valence-corrected chi connectivity index (χ3v) is 6.31. The summed E-state index contributed by atoms with van der Waals surface area (Å²) >= 11 is 0. The predicted molar refractivity (Wildman–Crippen MR) is 105 cm³/mol. The second-order valence-corrected chi connectivity index (χ2v) is 8.57. The van der Waals surface area contributed by atoms with Gasteiger partial charge in [-0.05, 0) is 36.6 Å². The van der Waals surface area contributed by atoms with E-state index < -0.39 is 10.0 Å². The number of hydrogen-bond donors (Lipinski definition) is 3. The molecule has 1 fully saturated rings. The first-order valence-electron chi connectivity index (χ1n) is 9.17. The second-order valence-electron chi connectivity index (χ2n) is 6.86. The molecule has 0 radical (unpaired) electrons. The number of rotatable bonds is 7. The third-order valence-electron chi connectivity index (χ3n) is 4.79. The fourth-order valence-electron chi connectivity index (χ4n) is 3.26. The lowest BCUT2D eigenvalue weighted by atomic mass is 10.1. The van der Waals surface area contributed by atoms with Gasteiger partial charge in [-0.15, -0.1) is 0 Å². The van der Waals surface area contributed by atoms with Gasteiger partial charge in [0.25, 0.3) is 5.91 Å². The zero-order valence-corrected chi connectivity index (χ0v) is 15.9. The number of amides is 1. The summed E-state index contributed by atoms with van der Waals surface area (Å²) in [6, 6.07) is 15.2. The Morgan fingerprint density at radius 1 is 1.07 bits per heavy atom. The fourth-order valence-corrected chi connectivity index (χ4v) is 4.61. The second kappa shape index (κ2) is 8.65. The van der Waals surface area contributed by atoms with Crippen LogP contribution in [0.3, 0.4) is 0 Å². The lowest BCUT2D eigenvalue weighted by molar-refractivity contribution is 0.0951. The van der Waals surface area contributed by atoms with E-state index in [9.17, 15) is 13.2 Å². The van der Waals surface area contributed by atoms with Crippen molar-refractivity contribution in [3.63, 3.8) is 0 Å². The number of nitrogens with one attached hydrogen (secondary N) is 2. The van der Waals surface area contributed by atoms with Crippen molar-refractivity contribution in [1.29, 1.82) is 0 Å². The molecule has 7 heteroatoms. The molecule has 0 saturated heterocycles. The van der Waals surface area contributed by atoms with Gasteiger partial charge in [0.15, 0.2) is 0 Å². The first-order chi connectivity index (χ1) is 13.0. The number of sulfonamides is 1. The predicted octanol–water partition coefficient (Wildman–Crippen LogP) is 2.34. The maximum atomic E-state index is 12.6. The summed E-state index contributed by atoms with van der Waals surface area (Å²) in [4.78, 5) is 12.5. The molecular formula is C20H25N3O3S. The van der Waals surface area contributed by atoms with Gasteiger partial charge >= 0.3 is 0 Å². The lowest BCUT2D eigenvalue weighted by Gasteiger charge is -2.14. The Morgan fingerprint density at radius 2 is 1.78 bits per heavy atom.